The maximum Gasteiger partial charge on any atom is 0.236 e. The second kappa shape index (κ2) is 9.65. The molecule has 1 fully saturated rings. The van der Waals surface area contributed by atoms with Gasteiger partial charge in [0.1, 0.15) is 5.82 Å². The van der Waals surface area contributed by atoms with Crippen molar-refractivity contribution in [2.45, 2.75) is 45.2 Å². The summed E-state index contributed by atoms with van der Waals surface area (Å²) in [6, 6.07) is 11.1. The predicted molar refractivity (Wildman–Crippen MR) is 124 cm³/mol. The van der Waals surface area contributed by atoms with Crippen molar-refractivity contribution in [3.63, 3.8) is 0 Å². The third-order valence-electron chi connectivity index (χ3n) is 5.87. The molecule has 3 aromatic rings. The van der Waals surface area contributed by atoms with Gasteiger partial charge in [-0.2, -0.15) is 5.10 Å². The Bertz CT molecular complexity index is 1080. The molecule has 1 unspecified atom stereocenters. The van der Waals surface area contributed by atoms with Crippen LogP contribution < -0.4 is 5.32 Å². The SMILES string of the molecule is CC(C)Nc1n[nH]c2nc(C3CCCN(C(=O)CN(C)Cc4ccccc4F)C3)ccc12. The van der Waals surface area contributed by atoms with Crippen molar-refractivity contribution in [1.29, 1.82) is 0 Å². The van der Waals surface area contributed by atoms with Crippen molar-refractivity contribution >= 4 is 22.8 Å². The summed E-state index contributed by atoms with van der Waals surface area (Å²) in [6.45, 7) is 6.21. The third kappa shape index (κ3) is 5.07. The molecule has 1 saturated heterocycles. The van der Waals surface area contributed by atoms with Crippen molar-refractivity contribution < 1.29 is 9.18 Å². The number of aromatic amines is 1. The summed E-state index contributed by atoms with van der Waals surface area (Å²) in [7, 11) is 1.85. The molecule has 1 atom stereocenters. The van der Waals surface area contributed by atoms with Gasteiger partial charge in [0.05, 0.1) is 11.9 Å². The van der Waals surface area contributed by atoms with Crippen LogP contribution in [-0.2, 0) is 11.3 Å². The molecule has 1 aliphatic rings. The van der Waals surface area contributed by atoms with Gasteiger partial charge in [0.25, 0.3) is 0 Å². The average Bonchev–Trinajstić information content (AvgIpc) is 3.17. The molecule has 4 rings (SSSR count). The zero-order valence-electron chi connectivity index (χ0n) is 18.9. The highest BCUT2D eigenvalue weighted by Gasteiger charge is 2.26. The molecule has 7 nitrogen and oxygen atoms in total. The number of carbonyl (C=O) groups is 1. The van der Waals surface area contributed by atoms with Crippen LogP contribution in [0.25, 0.3) is 11.0 Å². The number of likely N-dealkylation sites (N-methyl/N-ethyl adjacent to an activating group) is 1. The molecule has 2 N–H and O–H groups in total. The van der Waals surface area contributed by atoms with Crippen molar-refractivity contribution in [1.82, 2.24) is 25.0 Å². The number of piperidine rings is 1. The van der Waals surface area contributed by atoms with Crippen molar-refractivity contribution in [2.75, 3.05) is 32.0 Å². The van der Waals surface area contributed by atoms with Crippen LogP contribution in [0.3, 0.4) is 0 Å². The van der Waals surface area contributed by atoms with Gasteiger partial charge in [0.15, 0.2) is 11.5 Å². The number of nitrogens with one attached hydrogen (secondary N) is 2. The van der Waals surface area contributed by atoms with Crippen LogP contribution in [0.15, 0.2) is 36.4 Å². The molecule has 0 bridgehead atoms. The minimum atomic E-state index is -0.239. The summed E-state index contributed by atoms with van der Waals surface area (Å²) in [5.41, 5.74) is 2.34. The van der Waals surface area contributed by atoms with Crippen molar-refractivity contribution in [3.8, 4) is 0 Å². The fraction of sp³-hybridized carbons (Fsp3) is 0.458. The first-order chi connectivity index (χ1) is 15.4. The zero-order chi connectivity index (χ0) is 22.7. The highest BCUT2D eigenvalue weighted by atomic mass is 19.1. The molecule has 1 amide bonds. The van der Waals surface area contributed by atoms with Gasteiger partial charge in [-0.05, 0) is 51.9 Å². The topological polar surface area (TPSA) is 77.1 Å². The number of rotatable bonds is 7. The molecular formula is C24H31FN6O. The van der Waals surface area contributed by atoms with Gasteiger partial charge < -0.3 is 10.2 Å². The first kappa shape index (κ1) is 22.2. The number of anilines is 1. The number of nitrogens with zero attached hydrogens (tertiary/aromatic N) is 4. The van der Waals surface area contributed by atoms with Crippen LogP contribution in [-0.4, -0.2) is 63.6 Å². The summed E-state index contributed by atoms with van der Waals surface area (Å²) >= 11 is 0. The number of hydrogen-bond acceptors (Lipinski definition) is 5. The average molecular weight is 439 g/mol. The number of H-pyrrole nitrogens is 1. The Hall–Kier alpha value is -3.00. The Labute approximate surface area is 188 Å². The number of benzene rings is 1. The highest BCUT2D eigenvalue weighted by molar-refractivity contribution is 5.87. The Kier molecular flexibility index (Phi) is 6.69. The number of amides is 1. The fourth-order valence-corrected chi connectivity index (χ4v) is 4.28. The van der Waals surface area contributed by atoms with Gasteiger partial charge >= 0.3 is 0 Å². The van der Waals surface area contributed by atoms with E-state index < -0.39 is 0 Å². The highest BCUT2D eigenvalue weighted by Crippen LogP contribution is 2.28. The molecule has 170 valence electrons. The molecule has 2 aromatic heterocycles. The van der Waals surface area contributed by atoms with Crippen LogP contribution in [0.2, 0.25) is 0 Å². The largest absolute Gasteiger partial charge is 0.366 e. The second-order valence-electron chi connectivity index (χ2n) is 8.95. The number of carbonyl (C=O) groups excluding carboxylic acids is 1. The maximum atomic E-state index is 13.9. The summed E-state index contributed by atoms with van der Waals surface area (Å²) in [5.74, 6) is 0.836. The summed E-state index contributed by atoms with van der Waals surface area (Å²) < 4.78 is 13.9. The molecule has 8 heteroatoms. The van der Waals surface area contributed by atoms with Crippen LogP contribution in [0.1, 0.15) is 43.9 Å². The third-order valence-corrected chi connectivity index (χ3v) is 5.87. The first-order valence-corrected chi connectivity index (χ1v) is 11.2. The number of pyridine rings is 1. The van der Waals surface area contributed by atoms with E-state index in [9.17, 15) is 9.18 Å². The van der Waals surface area contributed by atoms with Crippen LogP contribution in [0, 0.1) is 5.82 Å². The number of likely N-dealkylation sites (tertiary alicyclic amines) is 1. The van der Waals surface area contributed by atoms with Gasteiger partial charge in [0, 0.05) is 42.9 Å². The van der Waals surface area contributed by atoms with Crippen molar-refractivity contribution in [2.24, 2.45) is 0 Å². The van der Waals surface area contributed by atoms with Gasteiger partial charge in [0.2, 0.25) is 5.91 Å². The number of aromatic nitrogens is 3. The summed E-state index contributed by atoms with van der Waals surface area (Å²) in [4.78, 5) is 21.5. The molecule has 0 saturated carbocycles. The van der Waals surface area contributed by atoms with Gasteiger partial charge in [-0.25, -0.2) is 9.37 Å². The normalized spacial score (nSPS) is 16.8. The fourth-order valence-electron chi connectivity index (χ4n) is 4.28. The lowest BCUT2D eigenvalue weighted by atomic mass is 9.94. The lowest BCUT2D eigenvalue weighted by Gasteiger charge is -2.33. The number of hydrogen-bond donors (Lipinski definition) is 2. The predicted octanol–water partition coefficient (Wildman–Crippen LogP) is 3.76. The van der Waals surface area contributed by atoms with E-state index in [1.165, 1.54) is 6.07 Å². The van der Waals surface area contributed by atoms with E-state index in [1.54, 1.807) is 12.1 Å². The van der Waals surface area contributed by atoms with Crippen LogP contribution >= 0.6 is 0 Å². The van der Waals surface area contributed by atoms with E-state index >= 15 is 0 Å². The first-order valence-electron chi connectivity index (χ1n) is 11.2. The van der Waals surface area contributed by atoms with E-state index in [0.717, 1.165) is 41.9 Å². The number of halogens is 1. The summed E-state index contributed by atoms with van der Waals surface area (Å²) in [5, 5.41) is 11.7. The van der Waals surface area contributed by atoms with Gasteiger partial charge in [-0.3, -0.25) is 14.8 Å². The van der Waals surface area contributed by atoms with Crippen LogP contribution in [0.5, 0.6) is 0 Å². The molecule has 1 aromatic carbocycles. The lowest BCUT2D eigenvalue weighted by molar-refractivity contribution is -0.133. The van der Waals surface area contributed by atoms with E-state index in [1.807, 2.05) is 29.0 Å². The Morgan fingerprint density at radius 1 is 1.31 bits per heavy atom. The standard InChI is InChI=1S/C24H31FN6O/c1-16(2)26-23-19-10-11-21(27-24(19)29-28-23)18-8-6-12-31(14-18)22(32)15-30(3)13-17-7-4-5-9-20(17)25/h4-5,7,9-11,16,18H,6,8,12-15H2,1-3H3,(H2,26,27,28,29). The molecule has 0 radical (unpaired) electrons. The minimum Gasteiger partial charge on any atom is -0.366 e. The molecule has 3 heterocycles. The molecule has 0 aliphatic carbocycles. The lowest BCUT2D eigenvalue weighted by Crippen LogP contribution is -2.43. The maximum absolute atomic E-state index is 13.9. The molecule has 32 heavy (non-hydrogen) atoms. The zero-order valence-corrected chi connectivity index (χ0v) is 18.9. The molecule has 1 aliphatic heterocycles. The Balaban J connectivity index is 1.39. The van der Waals surface area contributed by atoms with Crippen molar-refractivity contribution in [3.05, 3.63) is 53.5 Å². The molecule has 0 spiro atoms. The summed E-state index contributed by atoms with van der Waals surface area (Å²) in [6.07, 6.45) is 1.94. The van der Waals surface area contributed by atoms with Crippen LogP contribution in [0.4, 0.5) is 10.2 Å². The Morgan fingerprint density at radius 2 is 2.12 bits per heavy atom. The smallest absolute Gasteiger partial charge is 0.236 e. The minimum absolute atomic E-state index is 0.0691. The van der Waals surface area contributed by atoms with E-state index in [4.69, 9.17) is 4.98 Å². The van der Waals surface area contributed by atoms with E-state index in [-0.39, 0.29) is 30.2 Å². The van der Waals surface area contributed by atoms with E-state index in [0.29, 0.717) is 18.7 Å². The monoisotopic (exact) mass is 438 g/mol. The second-order valence-corrected chi connectivity index (χ2v) is 8.95. The van der Waals surface area contributed by atoms with E-state index in [2.05, 4.69) is 35.4 Å². The van der Waals surface area contributed by atoms with Gasteiger partial charge in [-0.15, -0.1) is 0 Å². The quantitative estimate of drug-likeness (QED) is 0.587. The molecular weight excluding hydrogens is 407 g/mol. The number of fused-ring (bicyclic) bond motifs is 1. The Morgan fingerprint density at radius 3 is 2.91 bits per heavy atom. The van der Waals surface area contributed by atoms with Gasteiger partial charge in [-0.1, -0.05) is 18.2 Å².